The number of benzene rings is 2. The number of nitrogens with zero attached hydrogens (tertiary/aromatic N) is 1. The Labute approximate surface area is 161 Å². The van der Waals surface area contributed by atoms with Crippen LogP contribution in [0.1, 0.15) is 21.7 Å². The van der Waals surface area contributed by atoms with Gasteiger partial charge in [-0.05, 0) is 70.4 Å². The maximum Gasteiger partial charge on any atom is 0.307 e. The van der Waals surface area contributed by atoms with E-state index < -0.39 is 5.91 Å². The lowest BCUT2D eigenvalue weighted by Gasteiger charge is -2.03. The summed E-state index contributed by atoms with van der Waals surface area (Å²) in [5.41, 5.74) is 4.97. The number of methoxy groups -OCH3 is 1. The number of hydrogen-bond donors (Lipinski definition) is 1. The molecule has 1 amide bonds. The Morgan fingerprint density at radius 2 is 2.04 bits per heavy atom. The van der Waals surface area contributed by atoms with Crippen molar-refractivity contribution in [1.82, 2.24) is 5.43 Å². The largest absolute Gasteiger partial charge is 0.497 e. The van der Waals surface area contributed by atoms with E-state index in [0.29, 0.717) is 5.58 Å². The summed E-state index contributed by atoms with van der Waals surface area (Å²) >= 11 is 6.83. The van der Waals surface area contributed by atoms with E-state index >= 15 is 0 Å². The SMILES string of the molecule is COc1ccc(/C=N\NC(=O)c2cc3cc(Br)cc(Br)c3o2)c(C)c1. The van der Waals surface area contributed by atoms with E-state index in [1.807, 2.05) is 37.3 Å². The molecule has 0 saturated carbocycles. The van der Waals surface area contributed by atoms with Crippen LogP contribution in [0.4, 0.5) is 0 Å². The molecule has 25 heavy (non-hydrogen) atoms. The van der Waals surface area contributed by atoms with Gasteiger partial charge in [0.05, 0.1) is 17.8 Å². The third-order valence-corrected chi connectivity index (χ3v) is 4.65. The average molecular weight is 466 g/mol. The smallest absolute Gasteiger partial charge is 0.307 e. The first kappa shape index (κ1) is 17.7. The summed E-state index contributed by atoms with van der Waals surface area (Å²) in [4.78, 5) is 12.2. The first-order chi connectivity index (χ1) is 12.0. The molecule has 1 heterocycles. The number of furan rings is 1. The first-order valence-electron chi connectivity index (χ1n) is 7.34. The number of hydrazone groups is 1. The van der Waals surface area contributed by atoms with E-state index in [2.05, 4.69) is 42.4 Å². The van der Waals surface area contributed by atoms with Crippen molar-refractivity contribution in [3.05, 3.63) is 62.2 Å². The summed E-state index contributed by atoms with van der Waals surface area (Å²) in [6.07, 6.45) is 1.59. The molecule has 0 unspecified atom stereocenters. The lowest BCUT2D eigenvalue weighted by atomic mass is 10.1. The van der Waals surface area contributed by atoms with E-state index in [9.17, 15) is 4.79 Å². The Morgan fingerprint density at radius 3 is 2.76 bits per heavy atom. The summed E-state index contributed by atoms with van der Waals surface area (Å²) in [6.45, 7) is 1.94. The molecule has 0 aliphatic rings. The number of hydrogen-bond acceptors (Lipinski definition) is 4. The van der Waals surface area contributed by atoms with Crippen LogP contribution >= 0.6 is 31.9 Å². The molecule has 128 valence electrons. The third-order valence-electron chi connectivity index (χ3n) is 3.61. The molecule has 0 saturated heterocycles. The van der Waals surface area contributed by atoms with Crippen LogP contribution in [0.5, 0.6) is 5.75 Å². The van der Waals surface area contributed by atoms with Gasteiger partial charge in [0, 0.05) is 9.86 Å². The fourth-order valence-corrected chi connectivity index (χ4v) is 3.66. The lowest BCUT2D eigenvalue weighted by molar-refractivity contribution is 0.0929. The van der Waals surface area contributed by atoms with Gasteiger partial charge in [-0.3, -0.25) is 4.79 Å². The van der Waals surface area contributed by atoms with Crippen molar-refractivity contribution >= 4 is 55.0 Å². The van der Waals surface area contributed by atoms with Crippen molar-refractivity contribution in [2.75, 3.05) is 7.11 Å². The number of nitrogens with one attached hydrogen (secondary N) is 1. The van der Waals surface area contributed by atoms with Gasteiger partial charge in [0.1, 0.15) is 11.3 Å². The second-order valence-electron chi connectivity index (χ2n) is 5.34. The van der Waals surface area contributed by atoms with Crippen LogP contribution < -0.4 is 10.2 Å². The Bertz CT molecular complexity index is 980. The van der Waals surface area contributed by atoms with E-state index in [1.165, 1.54) is 0 Å². The molecule has 5 nitrogen and oxygen atoms in total. The Morgan fingerprint density at radius 1 is 1.24 bits per heavy atom. The average Bonchev–Trinajstić information content (AvgIpc) is 3.00. The highest BCUT2D eigenvalue weighted by Crippen LogP contribution is 2.30. The summed E-state index contributed by atoms with van der Waals surface area (Å²) in [6, 6.07) is 11.0. The van der Waals surface area contributed by atoms with Gasteiger partial charge in [0.15, 0.2) is 5.76 Å². The summed E-state index contributed by atoms with van der Waals surface area (Å²) in [7, 11) is 1.62. The maximum absolute atomic E-state index is 12.2. The van der Waals surface area contributed by atoms with Crippen molar-refractivity contribution in [3.8, 4) is 5.75 Å². The lowest BCUT2D eigenvalue weighted by Crippen LogP contribution is -2.16. The Balaban J connectivity index is 1.75. The van der Waals surface area contributed by atoms with Crippen LogP contribution in [-0.2, 0) is 0 Å². The Hall–Kier alpha value is -2.12. The molecule has 3 rings (SSSR count). The minimum Gasteiger partial charge on any atom is -0.497 e. The van der Waals surface area contributed by atoms with Gasteiger partial charge >= 0.3 is 5.91 Å². The molecular formula is C18H14Br2N2O3. The van der Waals surface area contributed by atoms with E-state index in [4.69, 9.17) is 9.15 Å². The maximum atomic E-state index is 12.2. The van der Waals surface area contributed by atoms with Crippen LogP contribution in [0.25, 0.3) is 11.0 Å². The summed E-state index contributed by atoms with van der Waals surface area (Å²) < 4.78 is 12.4. The van der Waals surface area contributed by atoms with Crippen LogP contribution in [-0.4, -0.2) is 19.2 Å². The van der Waals surface area contributed by atoms with E-state index in [-0.39, 0.29) is 5.76 Å². The number of carbonyl (C=O) groups is 1. The molecule has 0 aliphatic heterocycles. The molecule has 1 aromatic heterocycles. The van der Waals surface area contributed by atoms with Gasteiger partial charge < -0.3 is 9.15 Å². The highest BCUT2D eigenvalue weighted by molar-refractivity contribution is 9.11. The molecular weight excluding hydrogens is 452 g/mol. The molecule has 7 heteroatoms. The van der Waals surface area contributed by atoms with Gasteiger partial charge in [-0.1, -0.05) is 15.9 Å². The highest BCUT2D eigenvalue weighted by Gasteiger charge is 2.14. The van der Waals surface area contributed by atoms with Crippen molar-refractivity contribution < 1.29 is 13.9 Å². The van der Waals surface area contributed by atoms with Gasteiger partial charge in [-0.15, -0.1) is 0 Å². The van der Waals surface area contributed by atoms with Gasteiger partial charge in [0.25, 0.3) is 0 Å². The highest BCUT2D eigenvalue weighted by atomic mass is 79.9. The monoisotopic (exact) mass is 464 g/mol. The van der Waals surface area contributed by atoms with Crippen LogP contribution in [0.2, 0.25) is 0 Å². The summed E-state index contributed by atoms with van der Waals surface area (Å²) in [5, 5.41) is 4.82. The molecule has 0 spiro atoms. The van der Waals surface area contributed by atoms with E-state index in [1.54, 1.807) is 19.4 Å². The van der Waals surface area contributed by atoms with Crippen molar-refractivity contribution in [1.29, 1.82) is 0 Å². The number of rotatable bonds is 4. The zero-order valence-electron chi connectivity index (χ0n) is 13.5. The third kappa shape index (κ3) is 3.93. The minimum atomic E-state index is -0.415. The molecule has 0 radical (unpaired) electrons. The standard InChI is InChI=1S/C18H14Br2N2O3/c1-10-5-14(24-2)4-3-11(10)9-21-22-18(23)16-7-12-6-13(19)8-15(20)17(12)25-16/h3-9H,1-2H3,(H,22,23)/b21-9-. The molecule has 0 fully saturated rings. The quantitative estimate of drug-likeness (QED) is 0.433. The van der Waals surface area contributed by atoms with Gasteiger partial charge in [-0.25, -0.2) is 5.43 Å². The van der Waals surface area contributed by atoms with E-state index in [0.717, 1.165) is 31.2 Å². The van der Waals surface area contributed by atoms with Crippen molar-refractivity contribution in [3.63, 3.8) is 0 Å². The second-order valence-corrected chi connectivity index (χ2v) is 7.11. The zero-order chi connectivity index (χ0) is 18.0. The molecule has 0 bridgehead atoms. The number of aryl methyl sites for hydroxylation is 1. The predicted octanol–water partition coefficient (Wildman–Crippen LogP) is 5.04. The minimum absolute atomic E-state index is 0.192. The fourth-order valence-electron chi connectivity index (χ4n) is 2.32. The van der Waals surface area contributed by atoms with Crippen molar-refractivity contribution in [2.45, 2.75) is 6.92 Å². The number of amides is 1. The molecule has 1 N–H and O–H groups in total. The summed E-state index contributed by atoms with van der Waals surface area (Å²) in [5.74, 6) is 0.553. The van der Waals surface area contributed by atoms with Gasteiger partial charge in [0.2, 0.25) is 0 Å². The Kier molecular flexibility index (Phi) is 5.24. The fraction of sp³-hybridized carbons (Fsp3) is 0.111. The molecule has 0 atom stereocenters. The van der Waals surface area contributed by atoms with Crippen LogP contribution in [0.3, 0.4) is 0 Å². The normalized spacial score (nSPS) is 11.2. The number of carbonyl (C=O) groups excluding carboxylic acids is 1. The van der Waals surface area contributed by atoms with Gasteiger partial charge in [-0.2, -0.15) is 5.10 Å². The number of fused-ring (bicyclic) bond motifs is 1. The van der Waals surface area contributed by atoms with Crippen LogP contribution in [0, 0.1) is 6.92 Å². The molecule has 3 aromatic rings. The number of ether oxygens (including phenoxy) is 1. The zero-order valence-corrected chi connectivity index (χ0v) is 16.6. The number of halogens is 2. The van der Waals surface area contributed by atoms with Crippen LogP contribution in [0.15, 0.2) is 54.9 Å². The first-order valence-corrected chi connectivity index (χ1v) is 8.93. The second kappa shape index (κ2) is 7.41. The van der Waals surface area contributed by atoms with Crippen molar-refractivity contribution in [2.24, 2.45) is 5.10 Å². The predicted molar refractivity (Wildman–Crippen MR) is 104 cm³/mol. The molecule has 2 aromatic carbocycles. The molecule has 0 aliphatic carbocycles. The topological polar surface area (TPSA) is 63.8 Å².